The normalized spacial score (nSPS) is 9.93. The Kier molecular flexibility index (Phi) is 3.35. The first-order chi connectivity index (χ1) is 7.06. The Labute approximate surface area is 85.0 Å². The molecule has 0 amide bonds. The predicted octanol–water partition coefficient (Wildman–Crippen LogP) is 0.167. The Balaban J connectivity index is 3.03. The molecule has 1 aromatic carbocycles. The van der Waals surface area contributed by atoms with Crippen molar-refractivity contribution in [2.24, 2.45) is 0 Å². The third-order valence-corrected chi connectivity index (χ3v) is 1.64. The molecule has 82 valence electrons. The Bertz CT molecular complexity index is 350. The molecule has 1 rings (SSSR count). The minimum atomic E-state index is -1.43. The molecule has 0 spiro atoms. The zero-order chi connectivity index (χ0) is 11.4. The van der Waals surface area contributed by atoms with Gasteiger partial charge in [-0.25, -0.2) is 4.79 Å². The van der Waals surface area contributed by atoms with Gasteiger partial charge in [0.1, 0.15) is 29.4 Å². The van der Waals surface area contributed by atoms with E-state index in [2.05, 4.69) is 0 Å². The molecule has 0 fully saturated rings. The number of aromatic carboxylic acids is 1. The van der Waals surface area contributed by atoms with Crippen molar-refractivity contribution in [3.8, 4) is 17.2 Å². The van der Waals surface area contributed by atoms with Crippen LogP contribution in [0, 0.1) is 0 Å². The average molecular weight is 214 g/mol. The molecule has 6 nitrogen and oxygen atoms in total. The second-order valence-corrected chi connectivity index (χ2v) is 2.71. The third-order valence-electron chi connectivity index (χ3n) is 1.64. The van der Waals surface area contributed by atoms with Gasteiger partial charge in [0.25, 0.3) is 0 Å². The summed E-state index contributed by atoms with van der Waals surface area (Å²) in [5, 5.41) is 35.6. The zero-order valence-corrected chi connectivity index (χ0v) is 7.67. The summed E-state index contributed by atoms with van der Waals surface area (Å²) in [4.78, 5) is 10.6. The lowest BCUT2D eigenvalue weighted by Crippen LogP contribution is -2.03. The van der Waals surface area contributed by atoms with Gasteiger partial charge in [-0.05, 0) is 0 Å². The van der Waals surface area contributed by atoms with Crippen LogP contribution in [-0.4, -0.2) is 39.6 Å². The molecule has 0 radical (unpaired) electrons. The largest absolute Gasteiger partial charge is 0.507 e. The molecule has 15 heavy (non-hydrogen) atoms. The maximum absolute atomic E-state index is 10.6. The first-order valence-corrected chi connectivity index (χ1v) is 4.09. The van der Waals surface area contributed by atoms with Crippen molar-refractivity contribution in [3.63, 3.8) is 0 Å². The van der Waals surface area contributed by atoms with Crippen molar-refractivity contribution in [2.45, 2.75) is 0 Å². The van der Waals surface area contributed by atoms with Crippen LogP contribution in [0.25, 0.3) is 0 Å². The SMILES string of the molecule is O=C(O)c1c(O)cc(OCCO)cc1O. The molecule has 0 aromatic heterocycles. The van der Waals surface area contributed by atoms with Crippen molar-refractivity contribution in [3.05, 3.63) is 17.7 Å². The molecule has 0 saturated heterocycles. The summed E-state index contributed by atoms with van der Waals surface area (Å²) in [6.07, 6.45) is 0. The fourth-order valence-corrected chi connectivity index (χ4v) is 1.05. The lowest BCUT2D eigenvalue weighted by Gasteiger charge is -2.07. The molecule has 0 aliphatic heterocycles. The maximum atomic E-state index is 10.6. The molecule has 1 aromatic rings. The van der Waals surface area contributed by atoms with E-state index in [1.54, 1.807) is 0 Å². The van der Waals surface area contributed by atoms with Gasteiger partial charge < -0.3 is 25.2 Å². The number of carboxylic acids is 1. The molecular formula is C9H10O6. The number of carbonyl (C=O) groups is 1. The van der Waals surface area contributed by atoms with Crippen LogP contribution in [0.5, 0.6) is 17.2 Å². The first kappa shape index (κ1) is 11.1. The van der Waals surface area contributed by atoms with Gasteiger partial charge in [-0.3, -0.25) is 0 Å². The second kappa shape index (κ2) is 4.52. The topological polar surface area (TPSA) is 107 Å². The lowest BCUT2D eigenvalue weighted by atomic mass is 10.1. The van der Waals surface area contributed by atoms with E-state index in [9.17, 15) is 15.0 Å². The van der Waals surface area contributed by atoms with E-state index in [0.29, 0.717) is 0 Å². The van der Waals surface area contributed by atoms with Gasteiger partial charge in [-0.2, -0.15) is 0 Å². The standard InChI is InChI=1S/C9H10O6/c10-1-2-15-5-3-6(11)8(9(13)14)7(12)4-5/h3-4,10-12H,1-2H2,(H,13,14). The highest BCUT2D eigenvalue weighted by molar-refractivity contribution is 5.94. The van der Waals surface area contributed by atoms with E-state index in [1.165, 1.54) is 0 Å². The van der Waals surface area contributed by atoms with Crippen LogP contribution in [0.3, 0.4) is 0 Å². The van der Waals surface area contributed by atoms with Crippen molar-refractivity contribution in [1.29, 1.82) is 0 Å². The van der Waals surface area contributed by atoms with Gasteiger partial charge in [-0.1, -0.05) is 0 Å². The number of aliphatic hydroxyl groups excluding tert-OH is 1. The van der Waals surface area contributed by atoms with Crippen LogP contribution in [0.2, 0.25) is 0 Å². The molecule has 0 atom stereocenters. The van der Waals surface area contributed by atoms with E-state index < -0.39 is 23.0 Å². The summed E-state index contributed by atoms with van der Waals surface area (Å²) < 4.78 is 4.89. The summed E-state index contributed by atoms with van der Waals surface area (Å²) in [5.41, 5.74) is -0.577. The minimum Gasteiger partial charge on any atom is -0.507 e. The number of rotatable bonds is 4. The Morgan fingerprint density at radius 3 is 2.20 bits per heavy atom. The molecule has 6 heteroatoms. The van der Waals surface area contributed by atoms with Crippen molar-refractivity contribution < 1.29 is 30.0 Å². The van der Waals surface area contributed by atoms with Gasteiger partial charge >= 0.3 is 5.97 Å². The summed E-state index contributed by atoms with van der Waals surface area (Å²) in [6.45, 7) is -0.229. The smallest absolute Gasteiger partial charge is 0.343 e. The van der Waals surface area contributed by atoms with Gasteiger partial charge in [0.2, 0.25) is 0 Å². The summed E-state index contributed by atoms with van der Waals surface area (Å²) in [5.74, 6) is -2.52. The fraction of sp³-hybridized carbons (Fsp3) is 0.222. The minimum absolute atomic E-state index is 0.00863. The van der Waals surface area contributed by atoms with Crippen LogP contribution < -0.4 is 4.74 Å². The van der Waals surface area contributed by atoms with Crippen LogP contribution >= 0.6 is 0 Å². The molecule has 4 N–H and O–H groups in total. The first-order valence-electron chi connectivity index (χ1n) is 4.09. The van der Waals surface area contributed by atoms with Gasteiger partial charge in [0.15, 0.2) is 0 Å². The second-order valence-electron chi connectivity index (χ2n) is 2.71. The quantitative estimate of drug-likeness (QED) is 0.569. The number of carboxylic acid groups (broad SMARTS) is 1. The predicted molar refractivity (Wildman–Crippen MR) is 49.3 cm³/mol. The van der Waals surface area contributed by atoms with Gasteiger partial charge in [0, 0.05) is 12.1 Å². The van der Waals surface area contributed by atoms with Crippen LogP contribution in [0.1, 0.15) is 10.4 Å². The summed E-state index contributed by atoms with van der Waals surface area (Å²) in [7, 11) is 0. The molecule has 0 aliphatic carbocycles. The highest BCUT2D eigenvalue weighted by Crippen LogP contribution is 2.32. The Hall–Kier alpha value is -1.95. The number of hydrogen-bond acceptors (Lipinski definition) is 5. The highest BCUT2D eigenvalue weighted by Gasteiger charge is 2.16. The van der Waals surface area contributed by atoms with Crippen LogP contribution in [0.15, 0.2) is 12.1 Å². The number of phenols is 2. The number of benzene rings is 1. The van der Waals surface area contributed by atoms with E-state index in [1.807, 2.05) is 0 Å². The van der Waals surface area contributed by atoms with Crippen LogP contribution in [-0.2, 0) is 0 Å². The number of ether oxygens (including phenoxy) is 1. The van der Waals surface area contributed by atoms with E-state index in [4.69, 9.17) is 14.9 Å². The molecule has 0 aliphatic rings. The lowest BCUT2D eigenvalue weighted by molar-refractivity contribution is 0.0690. The van der Waals surface area contributed by atoms with E-state index >= 15 is 0 Å². The summed E-state index contributed by atoms with van der Waals surface area (Å²) >= 11 is 0. The maximum Gasteiger partial charge on any atom is 0.343 e. The van der Waals surface area contributed by atoms with Crippen molar-refractivity contribution >= 4 is 5.97 Å². The zero-order valence-electron chi connectivity index (χ0n) is 7.67. The molecular weight excluding hydrogens is 204 g/mol. The molecule has 0 heterocycles. The number of hydrogen-bond donors (Lipinski definition) is 4. The van der Waals surface area contributed by atoms with Gasteiger partial charge in [0.05, 0.1) is 6.61 Å². The highest BCUT2D eigenvalue weighted by atomic mass is 16.5. The van der Waals surface area contributed by atoms with Crippen LogP contribution in [0.4, 0.5) is 0 Å². The third kappa shape index (κ3) is 2.50. The van der Waals surface area contributed by atoms with Crippen molar-refractivity contribution in [1.82, 2.24) is 0 Å². The molecule has 0 bridgehead atoms. The van der Waals surface area contributed by atoms with Gasteiger partial charge in [-0.15, -0.1) is 0 Å². The van der Waals surface area contributed by atoms with E-state index in [-0.39, 0.29) is 19.0 Å². The van der Waals surface area contributed by atoms with Crippen molar-refractivity contribution in [2.75, 3.05) is 13.2 Å². The Morgan fingerprint density at radius 2 is 1.80 bits per heavy atom. The summed E-state index contributed by atoms with van der Waals surface area (Å²) in [6, 6.07) is 2.11. The average Bonchev–Trinajstić information content (AvgIpc) is 2.12. The van der Waals surface area contributed by atoms with E-state index in [0.717, 1.165) is 12.1 Å². The number of aliphatic hydroxyl groups is 1. The Morgan fingerprint density at radius 1 is 1.27 bits per heavy atom. The molecule has 0 unspecified atom stereocenters. The molecule has 0 saturated carbocycles. The monoisotopic (exact) mass is 214 g/mol. The fourth-order valence-electron chi connectivity index (χ4n) is 1.05. The number of aromatic hydroxyl groups is 2.